The Balaban J connectivity index is 2.36. The van der Waals surface area contributed by atoms with Crippen molar-refractivity contribution in [1.82, 2.24) is 4.57 Å². The van der Waals surface area contributed by atoms with Gasteiger partial charge < -0.3 is 19.1 Å². The predicted molar refractivity (Wildman–Crippen MR) is 76.3 cm³/mol. The third kappa shape index (κ3) is 3.22. The van der Waals surface area contributed by atoms with Crippen LogP contribution in [0.5, 0.6) is 11.5 Å². The molecule has 0 unspecified atom stereocenters. The minimum atomic E-state index is -1.07. The molecule has 0 atom stereocenters. The van der Waals surface area contributed by atoms with Crippen LogP contribution in [-0.4, -0.2) is 29.9 Å². The summed E-state index contributed by atoms with van der Waals surface area (Å²) in [6.07, 6.45) is 1.32. The normalized spacial score (nSPS) is 10.2. The average molecular weight is 289 g/mol. The number of carbonyl (C=O) groups is 1. The molecule has 0 radical (unpaired) electrons. The van der Waals surface area contributed by atoms with Gasteiger partial charge in [-0.05, 0) is 23.8 Å². The summed E-state index contributed by atoms with van der Waals surface area (Å²) >= 11 is 0. The molecule has 1 aromatic carbocycles. The van der Waals surface area contributed by atoms with Crippen molar-refractivity contribution >= 4 is 5.97 Å². The monoisotopic (exact) mass is 289 g/mol. The molecule has 21 heavy (non-hydrogen) atoms. The van der Waals surface area contributed by atoms with Gasteiger partial charge in [0.25, 0.3) is 5.56 Å². The second-order valence-corrected chi connectivity index (χ2v) is 4.38. The first-order chi connectivity index (χ1) is 10.0. The molecular weight excluding hydrogens is 274 g/mol. The lowest BCUT2D eigenvalue weighted by molar-refractivity contribution is 0.0696. The summed E-state index contributed by atoms with van der Waals surface area (Å²) in [5.74, 6) is 0.0707. The lowest BCUT2D eigenvalue weighted by Gasteiger charge is -2.11. The number of carboxylic acids is 1. The van der Waals surface area contributed by atoms with Crippen LogP contribution in [0.3, 0.4) is 0 Å². The lowest BCUT2D eigenvalue weighted by atomic mass is 10.2. The van der Waals surface area contributed by atoms with Crippen LogP contribution < -0.4 is 15.0 Å². The summed E-state index contributed by atoms with van der Waals surface area (Å²) in [5.41, 5.74) is 0.599. The van der Waals surface area contributed by atoms with Gasteiger partial charge in [-0.25, -0.2) is 4.79 Å². The third-order valence-corrected chi connectivity index (χ3v) is 3.03. The number of methoxy groups -OCH3 is 2. The molecule has 1 N–H and O–H groups in total. The summed E-state index contributed by atoms with van der Waals surface area (Å²) in [7, 11) is 3.07. The van der Waals surface area contributed by atoms with Gasteiger partial charge in [0.05, 0.1) is 26.3 Å². The van der Waals surface area contributed by atoms with Crippen molar-refractivity contribution in [2.75, 3.05) is 14.2 Å². The van der Waals surface area contributed by atoms with Crippen molar-refractivity contribution in [1.29, 1.82) is 0 Å². The molecule has 6 nitrogen and oxygen atoms in total. The van der Waals surface area contributed by atoms with Crippen molar-refractivity contribution in [3.05, 3.63) is 58.0 Å². The molecular formula is C15H15NO5. The number of nitrogens with zero attached hydrogens (tertiary/aromatic N) is 1. The van der Waals surface area contributed by atoms with Gasteiger partial charge in [-0.1, -0.05) is 6.07 Å². The Labute approximate surface area is 121 Å². The lowest BCUT2D eigenvalue weighted by Crippen LogP contribution is -2.20. The van der Waals surface area contributed by atoms with Gasteiger partial charge >= 0.3 is 5.97 Å². The van der Waals surface area contributed by atoms with Crippen LogP contribution in [0.25, 0.3) is 0 Å². The molecule has 1 aromatic heterocycles. The number of ether oxygens (including phenoxy) is 2. The summed E-state index contributed by atoms with van der Waals surface area (Å²) in [6.45, 7) is 0.250. The molecule has 0 aliphatic carbocycles. The Kier molecular flexibility index (Phi) is 4.27. The van der Waals surface area contributed by atoms with Gasteiger partial charge in [-0.15, -0.1) is 0 Å². The minimum absolute atomic E-state index is 0.0649. The number of rotatable bonds is 5. The van der Waals surface area contributed by atoms with E-state index in [0.29, 0.717) is 11.5 Å². The maximum atomic E-state index is 11.8. The number of benzene rings is 1. The van der Waals surface area contributed by atoms with E-state index in [1.807, 2.05) is 0 Å². The zero-order chi connectivity index (χ0) is 15.4. The van der Waals surface area contributed by atoms with Crippen LogP contribution in [0.4, 0.5) is 0 Å². The van der Waals surface area contributed by atoms with E-state index < -0.39 is 5.97 Å². The quantitative estimate of drug-likeness (QED) is 0.904. The molecule has 2 rings (SSSR count). The van der Waals surface area contributed by atoms with E-state index in [2.05, 4.69) is 0 Å². The molecule has 0 saturated heterocycles. The van der Waals surface area contributed by atoms with Gasteiger partial charge in [0, 0.05) is 12.3 Å². The Hall–Kier alpha value is -2.76. The van der Waals surface area contributed by atoms with Crippen molar-refractivity contribution < 1.29 is 19.4 Å². The summed E-state index contributed by atoms with van der Waals surface area (Å²) in [4.78, 5) is 22.7. The zero-order valence-corrected chi connectivity index (χ0v) is 11.7. The van der Waals surface area contributed by atoms with E-state index in [1.54, 1.807) is 25.3 Å². The van der Waals surface area contributed by atoms with Gasteiger partial charge in [0.1, 0.15) is 0 Å². The molecule has 6 heteroatoms. The number of carboxylic acid groups (broad SMARTS) is 1. The summed E-state index contributed by atoms with van der Waals surface area (Å²) < 4.78 is 11.7. The molecule has 0 fully saturated rings. The highest BCUT2D eigenvalue weighted by Crippen LogP contribution is 2.27. The molecule has 110 valence electrons. The van der Waals surface area contributed by atoms with Crippen LogP contribution in [0.15, 0.2) is 41.3 Å². The first-order valence-electron chi connectivity index (χ1n) is 6.20. The Morgan fingerprint density at radius 3 is 2.48 bits per heavy atom. The van der Waals surface area contributed by atoms with Crippen LogP contribution in [0.2, 0.25) is 0 Å². The van der Waals surface area contributed by atoms with Crippen molar-refractivity contribution in [2.45, 2.75) is 6.54 Å². The number of aromatic nitrogens is 1. The Morgan fingerprint density at radius 2 is 1.86 bits per heavy atom. The molecule has 0 bridgehead atoms. The van der Waals surface area contributed by atoms with Crippen LogP contribution >= 0.6 is 0 Å². The second-order valence-electron chi connectivity index (χ2n) is 4.38. The zero-order valence-electron chi connectivity index (χ0n) is 11.7. The fraction of sp³-hybridized carbons (Fsp3) is 0.200. The standard InChI is InChI=1S/C15H15NO5/c1-20-12-5-3-10(7-13(12)21-2)8-16-9-11(15(18)19)4-6-14(16)17/h3-7,9H,8H2,1-2H3,(H,18,19). The molecule has 2 aromatic rings. The SMILES string of the molecule is COc1ccc(Cn2cc(C(=O)O)ccc2=O)cc1OC. The maximum absolute atomic E-state index is 11.8. The molecule has 1 heterocycles. The first-order valence-corrected chi connectivity index (χ1v) is 6.20. The van der Waals surface area contributed by atoms with Crippen molar-refractivity contribution in [2.24, 2.45) is 0 Å². The van der Waals surface area contributed by atoms with Crippen molar-refractivity contribution in [3.8, 4) is 11.5 Å². The molecule has 0 aliphatic rings. The third-order valence-electron chi connectivity index (χ3n) is 3.03. The fourth-order valence-corrected chi connectivity index (χ4v) is 1.96. The number of pyridine rings is 1. The number of hydrogen-bond acceptors (Lipinski definition) is 4. The fourth-order valence-electron chi connectivity index (χ4n) is 1.96. The van der Waals surface area contributed by atoms with Gasteiger partial charge in [0.15, 0.2) is 11.5 Å². The number of hydrogen-bond donors (Lipinski definition) is 1. The predicted octanol–water partition coefficient (Wildman–Crippen LogP) is 1.61. The topological polar surface area (TPSA) is 77.8 Å². The van der Waals surface area contributed by atoms with Crippen LogP contribution in [0.1, 0.15) is 15.9 Å². The summed E-state index contributed by atoms with van der Waals surface area (Å²) in [5, 5.41) is 8.96. The van der Waals surface area contributed by atoms with Crippen LogP contribution in [-0.2, 0) is 6.54 Å². The van der Waals surface area contributed by atoms with E-state index in [-0.39, 0.29) is 17.7 Å². The van der Waals surface area contributed by atoms with E-state index in [9.17, 15) is 9.59 Å². The Bertz CT molecular complexity index is 720. The summed E-state index contributed by atoms with van der Waals surface area (Å²) in [6, 6.07) is 7.81. The highest BCUT2D eigenvalue weighted by atomic mass is 16.5. The van der Waals surface area contributed by atoms with E-state index in [4.69, 9.17) is 14.6 Å². The van der Waals surface area contributed by atoms with Crippen molar-refractivity contribution in [3.63, 3.8) is 0 Å². The number of aromatic carboxylic acids is 1. The van der Waals surface area contributed by atoms with Gasteiger partial charge in [-0.3, -0.25) is 4.79 Å². The average Bonchev–Trinajstić information content (AvgIpc) is 2.49. The first kappa shape index (κ1) is 14.6. The highest BCUT2D eigenvalue weighted by molar-refractivity contribution is 5.87. The minimum Gasteiger partial charge on any atom is -0.493 e. The van der Waals surface area contributed by atoms with Crippen LogP contribution in [0, 0.1) is 0 Å². The second kappa shape index (κ2) is 6.13. The van der Waals surface area contributed by atoms with E-state index in [1.165, 1.54) is 30.0 Å². The molecule has 0 amide bonds. The smallest absolute Gasteiger partial charge is 0.337 e. The molecule has 0 saturated carbocycles. The maximum Gasteiger partial charge on any atom is 0.337 e. The largest absolute Gasteiger partial charge is 0.493 e. The van der Waals surface area contributed by atoms with E-state index in [0.717, 1.165) is 5.56 Å². The van der Waals surface area contributed by atoms with Gasteiger partial charge in [0.2, 0.25) is 0 Å². The van der Waals surface area contributed by atoms with Gasteiger partial charge in [-0.2, -0.15) is 0 Å². The Morgan fingerprint density at radius 1 is 1.14 bits per heavy atom. The molecule has 0 spiro atoms. The highest BCUT2D eigenvalue weighted by Gasteiger charge is 2.08. The molecule has 0 aliphatic heterocycles. The van der Waals surface area contributed by atoms with E-state index >= 15 is 0 Å².